The van der Waals surface area contributed by atoms with Crippen LogP contribution in [-0.4, -0.2) is 22.3 Å². The lowest BCUT2D eigenvalue weighted by Crippen LogP contribution is -2.25. The number of aliphatic hydroxyl groups is 1. The first-order valence-electron chi connectivity index (χ1n) is 2.31. The van der Waals surface area contributed by atoms with Crippen molar-refractivity contribution < 1.29 is 18.7 Å². The van der Waals surface area contributed by atoms with E-state index in [1.54, 1.807) is 0 Å². The van der Waals surface area contributed by atoms with Crippen molar-refractivity contribution >= 4 is 43.1 Å². The third-order valence-corrected chi connectivity index (χ3v) is 1.84. The highest BCUT2D eigenvalue weighted by Crippen LogP contribution is 2.36. The highest BCUT2D eigenvalue weighted by Gasteiger charge is 2.39. The number of alkyl halides is 3. The maximum Gasteiger partial charge on any atom is 0.699 e. The van der Waals surface area contributed by atoms with Gasteiger partial charge in [0.1, 0.15) is 0 Å². The van der Waals surface area contributed by atoms with Gasteiger partial charge in [0.05, 0.1) is 7.11 Å². The first kappa shape index (κ1) is 11.8. The van der Waals surface area contributed by atoms with Gasteiger partial charge >= 0.3 is 8.25 Å². The number of hydrogen-bond donors (Lipinski definition) is 1. The van der Waals surface area contributed by atoms with E-state index in [-0.39, 0.29) is 0 Å². The van der Waals surface area contributed by atoms with Gasteiger partial charge in [-0.05, 0) is 0 Å². The average molecular weight is 242 g/mol. The van der Waals surface area contributed by atoms with E-state index in [0.717, 1.165) is 7.11 Å². The predicted molar refractivity (Wildman–Crippen MR) is 42.0 cm³/mol. The summed E-state index contributed by atoms with van der Waals surface area (Å²) in [6, 6.07) is 0. The second-order valence-corrected chi connectivity index (χ2v) is 4.80. The summed E-state index contributed by atoms with van der Waals surface area (Å²) in [4.78, 5) is 0. The van der Waals surface area contributed by atoms with Crippen molar-refractivity contribution in [2.45, 2.75) is 10.1 Å². The molecular formula is C3H5Cl3O4P+. The van der Waals surface area contributed by atoms with E-state index in [1.807, 2.05) is 0 Å². The Kier molecular flexibility index (Phi) is 5.14. The van der Waals surface area contributed by atoms with Gasteiger partial charge in [-0.3, -0.25) is 0 Å². The van der Waals surface area contributed by atoms with Crippen LogP contribution in [0, 0.1) is 0 Å². The molecule has 0 saturated heterocycles. The summed E-state index contributed by atoms with van der Waals surface area (Å²) in [5.41, 5.74) is 0. The summed E-state index contributed by atoms with van der Waals surface area (Å²) in [5, 5.41) is 8.81. The zero-order chi connectivity index (χ0) is 9.07. The summed E-state index contributed by atoms with van der Waals surface area (Å²) >= 11 is 15.5. The standard InChI is InChI=1S/C3H5Cl3O4P/c1-9-11(8)10-2(7)3(4,5)6/h2,7H,1H3/q+1. The second-order valence-electron chi connectivity index (χ2n) is 1.41. The van der Waals surface area contributed by atoms with Crippen molar-refractivity contribution in [3.05, 3.63) is 0 Å². The van der Waals surface area contributed by atoms with Gasteiger partial charge in [-0.1, -0.05) is 39.3 Å². The maximum absolute atomic E-state index is 10.4. The number of rotatable bonds is 3. The van der Waals surface area contributed by atoms with Crippen LogP contribution in [0.5, 0.6) is 0 Å². The molecule has 0 aromatic heterocycles. The molecule has 2 atom stereocenters. The Labute approximate surface area is 79.3 Å². The minimum Gasteiger partial charge on any atom is -0.361 e. The molecule has 8 heteroatoms. The van der Waals surface area contributed by atoms with E-state index in [9.17, 15) is 4.57 Å². The van der Waals surface area contributed by atoms with Crippen LogP contribution in [0.2, 0.25) is 0 Å². The smallest absolute Gasteiger partial charge is 0.361 e. The molecule has 0 aromatic rings. The number of aliphatic hydroxyl groups excluding tert-OH is 1. The Morgan fingerprint density at radius 2 is 2.00 bits per heavy atom. The van der Waals surface area contributed by atoms with Gasteiger partial charge in [-0.25, -0.2) is 0 Å². The van der Waals surface area contributed by atoms with Gasteiger partial charge < -0.3 is 5.11 Å². The van der Waals surface area contributed by atoms with E-state index in [1.165, 1.54) is 0 Å². The largest absolute Gasteiger partial charge is 0.699 e. The molecule has 66 valence electrons. The van der Waals surface area contributed by atoms with Crippen LogP contribution in [0.4, 0.5) is 0 Å². The fourth-order valence-electron chi connectivity index (χ4n) is 0.184. The lowest BCUT2D eigenvalue weighted by molar-refractivity contribution is -0.0165. The Morgan fingerprint density at radius 3 is 2.27 bits per heavy atom. The molecule has 0 aromatic carbocycles. The zero-order valence-electron chi connectivity index (χ0n) is 5.33. The molecule has 0 radical (unpaired) electrons. The first-order valence-corrected chi connectivity index (χ1v) is 4.53. The molecule has 2 unspecified atom stereocenters. The summed E-state index contributed by atoms with van der Waals surface area (Å²) in [7, 11) is -1.31. The molecule has 11 heavy (non-hydrogen) atoms. The molecule has 0 spiro atoms. The van der Waals surface area contributed by atoms with Crippen molar-refractivity contribution in [2.75, 3.05) is 7.11 Å². The van der Waals surface area contributed by atoms with Gasteiger partial charge in [0.15, 0.2) is 0 Å². The first-order chi connectivity index (χ1) is 4.88. The summed E-state index contributed by atoms with van der Waals surface area (Å²) in [5.74, 6) is 0. The lowest BCUT2D eigenvalue weighted by atomic mass is 10.8. The topological polar surface area (TPSA) is 55.8 Å². The van der Waals surface area contributed by atoms with Crippen molar-refractivity contribution in [1.29, 1.82) is 0 Å². The lowest BCUT2D eigenvalue weighted by Gasteiger charge is -2.11. The average Bonchev–Trinajstić information content (AvgIpc) is 1.85. The minimum absolute atomic E-state index is 1.13. The van der Waals surface area contributed by atoms with Crippen molar-refractivity contribution in [3.63, 3.8) is 0 Å². The van der Waals surface area contributed by atoms with Gasteiger partial charge in [-0.15, -0.1) is 4.52 Å². The number of halogens is 3. The minimum atomic E-state index is -2.44. The third-order valence-electron chi connectivity index (χ3n) is 0.615. The van der Waals surface area contributed by atoms with Crippen molar-refractivity contribution in [3.8, 4) is 0 Å². The Morgan fingerprint density at radius 1 is 1.55 bits per heavy atom. The molecule has 0 aliphatic heterocycles. The van der Waals surface area contributed by atoms with Crippen LogP contribution >= 0.6 is 43.1 Å². The van der Waals surface area contributed by atoms with Crippen LogP contribution in [0.3, 0.4) is 0 Å². The van der Waals surface area contributed by atoms with E-state index in [0.29, 0.717) is 0 Å². The SMILES string of the molecule is CO[P+](=O)OC(O)C(Cl)(Cl)Cl. The highest BCUT2D eigenvalue weighted by molar-refractivity contribution is 7.33. The third kappa shape index (κ3) is 5.15. The molecule has 0 saturated carbocycles. The Bertz CT molecular complexity index is 146. The van der Waals surface area contributed by atoms with E-state index in [2.05, 4.69) is 9.05 Å². The van der Waals surface area contributed by atoms with Crippen LogP contribution in [0.1, 0.15) is 0 Å². The molecule has 0 heterocycles. The summed E-state index contributed by atoms with van der Waals surface area (Å²) in [6.45, 7) is 0. The molecule has 4 nitrogen and oxygen atoms in total. The van der Waals surface area contributed by atoms with Crippen LogP contribution in [-0.2, 0) is 13.6 Å². The predicted octanol–water partition coefficient (Wildman–Crippen LogP) is 2.00. The van der Waals surface area contributed by atoms with Gasteiger partial charge in [-0.2, -0.15) is 0 Å². The van der Waals surface area contributed by atoms with Crippen molar-refractivity contribution in [2.24, 2.45) is 0 Å². The fourth-order valence-corrected chi connectivity index (χ4v) is 0.912. The van der Waals surface area contributed by atoms with Crippen LogP contribution in [0.15, 0.2) is 0 Å². The van der Waals surface area contributed by atoms with E-state index < -0.39 is 18.3 Å². The van der Waals surface area contributed by atoms with E-state index >= 15 is 0 Å². The van der Waals surface area contributed by atoms with Crippen LogP contribution in [0.25, 0.3) is 0 Å². The highest BCUT2D eigenvalue weighted by atomic mass is 35.6. The molecule has 0 bridgehead atoms. The molecule has 0 amide bonds. The Hall–Kier alpha value is 0.850. The van der Waals surface area contributed by atoms with Crippen LogP contribution < -0.4 is 0 Å². The van der Waals surface area contributed by atoms with E-state index in [4.69, 9.17) is 39.9 Å². The number of hydrogen-bond acceptors (Lipinski definition) is 4. The van der Waals surface area contributed by atoms with Gasteiger partial charge in [0.2, 0.25) is 3.79 Å². The zero-order valence-corrected chi connectivity index (χ0v) is 8.49. The fraction of sp³-hybridized carbons (Fsp3) is 1.00. The molecule has 0 rings (SSSR count). The monoisotopic (exact) mass is 241 g/mol. The Balaban J connectivity index is 3.87. The maximum atomic E-state index is 10.4. The quantitative estimate of drug-likeness (QED) is 0.467. The summed E-state index contributed by atoms with van der Waals surface area (Å²) < 4.78 is 16.8. The molecular weight excluding hydrogens is 237 g/mol. The molecule has 0 aliphatic rings. The molecule has 1 N–H and O–H groups in total. The second kappa shape index (κ2) is 4.77. The summed E-state index contributed by atoms with van der Waals surface area (Å²) in [6.07, 6.45) is -1.77. The molecule has 0 fully saturated rings. The van der Waals surface area contributed by atoms with Gasteiger partial charge in [0, 0.05) is 4.57 Å². The van der Waals surface area contributed by atoms with Gasteiger partial charge in [0.25, 0.3) is 6.29 Å². The van der Waals surface area contributed by atoms with Crippen molar-refractivity contribution in [1.82, 2.24) is 0 Å². The normalized spacial score (nSPS) is 16.3. The molecule has 0 aliphatic carbocycles.